The summed E-state index contributed by atoms with van der Waals surface area (Å²) >= 11 is 5.98. The van der Waals surface area contributed by atoms with Gasteiger partial charge < -0.3 is 4.74 Å². The smallest absolute Gasteiger partial charge is 0.341 e. The van der Waals surface area contributed by atoms with Crippen molar-refractivity contribution in [2.75, 3.05) is 0 Å². The zero-order valence-corrected chi connectivity index (χ0v) is 13.0. The van der Waals surface area contributed by atoms with Crippen molar-refractivity contribution in [2.24, 2.45) is 0 Å². The van der Waals surface area contributed by atoms with Crippen LogP contribution in [0.15, 0.2) is 30.3 Å². The van der Waals surface area contributed by atoms with E-state index >= 15 is 0 Å². The summed E-state index contributed by atoms with van der Waals surface area (Å²) < 4.78 is 31.7. The first kappa shape index (κ1) is 16.4. The van der Waals surface area contributed by atoms with Crippen molar-refractivity contribution in [2.45, 2.75) is 26.4 Å². The molecule has 0 spiro atoms. The molecule has 0 aliphatic heterocycles. The van der Waals surface area contributed by atoms with E-state index in [0.717, 1.165) is 18.2 Å². The molecule has 2 aromatic rings. The molecule has 0 saturated carbocycles. The Morgan fingerprint density at radius 1 is 1.14 bits per heavy atom. The van der Waals surface area contributed by atoms with Crippen LogP contribution in [0.25, 0.3) is 11.3 Å². The van der Waals surface area contributed by atoms with E-state index < -0.39 is 23.2 Å². The molecule has 0 bridgehead atoms. The Morgan fingerprint density at radius 2 is 1.73 bits per heavy atom. The molecule has 0 amide bonds. The molecule has 0 aliphatic carbocycles. The molecule has 0 N–H and O–H groups in total. The lowest BCUT2D eigenvalue weighted by Crippen LogP contribution is -2.24. The van der Waals surface area contributed by atoms with E-state index in [1.807, 2.05) is 0 Å². The monoisotopic (exact) mass is 325 g/mol. The Labute approximate surface area is 131 Å². The van der Waals surface area contributed by atoms with Gasteiger partial charge in [0.2, 0.25) is 0 Å². The van der Waals surface area contributed by atoms with E-state index in [1.54, 1.807) is 20.8 Å². The summed E-state index contributed by atoms with van der Waals surface area (Å²) in [6.45, 7) is 5.20. The SMILES string of the molecule is CC(C)(C)OC(=O)c1ccc(-c2cc(F)cc(F)c2)nc1Cl. The largest absolute Gasteiger partial charge is 0.456 e. The van der Waals surface area contributed by atoms with Gasteiger partial charge in [-0.15, -0.1) is 0 Å². The van der Waals surface area contributed by atoms with Gasteiger partial charge >= 0.3 is 5.97 Å². The first-order chi connectivity index (χ1) is 10.2. The van der Waals surface area contributed by atoms with Gasteiger partial charge in [-0.05, 0) is 45.0 Å². The molecule has 1 aromatic carbocycles. The van der Waals surface area contributed by atoms with Crippen LogP contribution < -0.4 is 0 Å². The van der Waals surface area contributed by atoms with Gasteiger partial charge in [-0.1, -0.05) is 11.6 Å². The molecule has 0 saturated heterocycles. The minimum atomic E-state index is -0.718. The highest BCUT2D eigenvalue weighted by molar-refractivity contribution is 6.32. The molecule has 2 rings (SSSR count). The number of rotatable bonds is 2. The van der Waals surface area contributed by atoms with Crippen molar-refractivity contribution in [3.63, 3.8) is 0 Å². The van der Waals surface area contributed by atoms with Crippen LogP contribution in [0.5, 0.6) is 0 Å². The molecule has 0 unspecified atom stereocenters. The van der Waals surface area contributed by atoms with Gasteiger partial charge in [0.15, 0.2) is 0 Å². The molecule has 0 radical (unpaired) electrons. The minimum absolute atomic E-state index is 0.0866. The normalized spacial score (nSPS) is 11.4. The van der Waals surface area contributed by atoms with Crippen molar-refractivity contribution in [1.29, 1.82) is 0 Å². The van der Waals surface area contributed by atoms with Gasteiger partial charge in [-0.25, -0.2) is 18.6 Å². The fourth-order valence-corrected chi connectivity index (χ4v) is 2.01. The van der Waals surface area contributed by atoms with Crippen LogP contribution in [-0.2, 0) is 4.74 Å². The summed E-state index contributed by atoms with van der Waals surface area (Å²) in [5.74, 6) is -2.05. The molecule has 0 fully saturated rings. The number of nitrogens with zero attached hydrogens (tertiary/aromatic N) is 1. The predicted molar refractivity (Wildman–Crippen MR) is 79.8 cm³/mol. The molecule has 0 atom stereocenters. The highest BCUT2D eigenvalue weighted by Gasteiger charge is 2.21. The van der Waals surface area contributed by atoms with Crippen LogP contribution in [0.1, 0.15) is 31.1 Å². The van der Waals surface area contributed by atoms with Gasteiger partial charge in [0.1, 0.15) is 22.4 Å². The average molecular weight is 326 g/mol. The summed E-state index contributed by atoms with van der Waals surface area (Å²) in [5.41, 5.74) is -0.0758. The summed E-state index contributed by atoms with van der Waals surface area (Å²) in [7, 11) is 0. The van der Waals surface area contributed by atoms with Crippen molar-refractivity contribution >= 4 is 17.6 Å². The molecule has 3 nitrogen and oxygen atoms in total. The zero-order chi connectivity index (χ0) is 16.5. The number of benzene rings is 1. The number of aromatic nitrogens is 1. The molecular weight excluding hydrogens is 312 g/mol. The number of carbonyl (C=O) groups excluding carboxylic acids is 1. The lowest BCUT2D eigenvalue weighted by Gasteiger charge is -2.19. The van der Waals surface area contributed by atoms with E-state index in [9.17, 15) is 13.6 Å². The van der Waals surface area contributed by atoms with E-state index in [0.29, 0.717) is 0 Å². The molecule has 6 heteroatoms. The first-order valence-corrected chi connectivity index (χ1v) is 6.90. The molecular formula is C16H14ClF2NO2. The van der Waals surface area contributed by atoms with Gasteiger partial charge in [0, 0.05) is 11.6 Å². The quantitative estimate of drug-likeness (QED) is 0.596. The topological polar surface area (TPSA) is 39.2 Å². The van der Waals surface area contributed by atoms with Crippen molar-refractivity contribution < 1.29 is 18.3 Å². The predicted octanol–water partition coefficient (Wildman–Crippen LogP) is 4.64. The standard InChI is InChI=1S/C16H14ClF2NO2/c1-16(2,3)22-15(21)12-4-5-13(20-14(12)17)9-6-10(18)8-11(19)7-9/h4-8H,1-3H3. The minimum Gasteiger partial charge on any atom is -0.456 e. The number of hydrogen-bond acceptors (Lipinski definition) is 3. The van der Waals surface area contributed by atoms with Crippen LogP contribution in [0.4, 0.5) is 8.78 Å². The highest BCUT2D eigenvalue weighted by Crippen LogP contribution is 2.25. The second-order valence-corrected chi connectivity index (χ2v) is 6.05. The Morgan fingerprint density at radius 3 is 2.23 bits per heavy atom. The van der Waals surface area contributed by atoms with Crippen molar-refractivity contribution in [1.82, 2.24) is 4.98 Å². The maximum absolute atomic E-state index is 13.2. The number of esters is 1. The number of hydrogen-bond donors (Lipinski definition) is 0. The Bertz CT molecular complexity index is 706. The van der Waals surface area contributed by atoms with E-state index in [4.69, 9.17) is 16.3 Å². The molecule has 1 heterocycles. The van der Waals surface area contributed by atoms with Crippen molar-refractivity contribution in [3.8, 4) is 11.3 Å². The van der Waals surface area contributed by atoms with Crippen LogP contribution in [0.2, 0.25) is 5.15 Å². The van der Waals surface area contributed by atoms with Gasteiger partial charge in [0.25, 0.3) is 0 Å². The maximum Gasteiger partial charge on any atom is 0.341 e. The third kappa shape index (κ3) is 4.01. The summed E-state index contributed by atoms with van der Waals surface area (Å²) in [5, 5.41) is -0.0866. The molecule has 22 heavy (non-hydrogen) atoms. The fraction of sp³-hybridized carbons (Fsp3) is 0.250. The molecule has 1 aromatic heterocycles. The third-order valence-electron chi connectivity index (χ3n) is 2.63. The average Bonchev–Trinajstić information content (AvgIpc) is 2.35. The lowest BCUT2D eigenvalue weighted by atomic mass is 10.1. The highest BCUT2D eigenvalue weighted by atomic mass is 35.5. The maximum atomic E-state index is 13.2. The second-order valence-electron chi connectivity index (χ2n) is 5.69. The zero-order valence-electron chi connectivity index (χ0n) is 12.3. The summed E-state index contributed by atoms with van der Waals surface area (Å²) in [6.07, 6.45) is 0. The summed E-state index contributed by atoms with van der Waals surface area (Å²) in [6, 6.07) is 5.91. The van der Waals surface area contributed by atoms with Gasteiger partial charge in [-0.3, -0.25) is 0 Å². The van der Waals surface area contributed by atoms with Crippen LogP contribution >= 0.6 is 11.6 Å². The Kier molecular flexibility index (Phi) is 4.47. The van der Waals surface area contributed by atoms with Crippen LogP contribution in [0.3, 0.4) is 0 Å². The number of ether oxygens (including phenoxy) is 1. The lowest BCUT2D eigenvalue weighted by molar-refractivity contribution is 0.00693. The first-order valence-electron chi connectivity index (χ1n) is 6.52. The fourth-order valence-electron chi connectivity index (χ4n) is 1.78. The Balaban J connectivity index is 2.35. The van der Waals surface area contributed by atoms with Crippen LogP contribution in [0, 0.1) is 11.6 Å². The van der Waals surface area contributed by atoms with Gasteiger partial charge in [-0.2, -0.15) is 0 Å². The van der Waals surface area contributed by atoms with Crippen LogP contribution in [-0.4, -0.2) is 16.6 Å². The van der Waals surface area contributed by atoms with Gasteiger partial charge in [0.05, 0.1) is 11.3 Å². The Hall–Kier alpha value is -2.01. The summed E-state index contributed by atoms with van der Waals surface area (Å²) in [4.78, 5) is 16.0. The molecule has 0 aliphatic rings. The van der Waals surface area contributed by atoms with E-state index in [2.05, 4.69) is 4.98 Å². The van der Waals surface area contributed by atoms with E-state index in [1.165, 1.54) is 12.1 Å². The molecule has 116 valence electrons. The van der Waals surface area contributed by atoms with E-state index in [-0.39, 0.29) is 22.0 Å². The van der Waals surface area contributed by atoms with Crippen molar-refractivity contribution in [3.05, 3.63) is 52.7 Å². The second kappa shape index (κ2) is 6.01. The number of halogens is 3. The number of carbonyl (C=O) groups is 1. The number of pyridine rings is 1. The third-order valence-corrected chi connectivity index (χ3v) is 2.91.